The van der Waals surface area contributed by atoms with Gasteiger partial charge in [0.2, 0.25) is 5.96 Å². The van der Waals surface area contributed by atoms with E-state index in [4.69, 9.17) is 9.47 Å². The topological polar surface area (TPSA) is 89.0 Å². The van der Waals surface area contributed by atoms with Crippen LogP contribution in [0.3, 0.4) is 0 Å². The molecule has 0 spiro atoms. The van der Waals surface area contributed by atoms with Gasteiger partial charge in [-0.1, -0.05) is 18.2 Å². The Kier molecular flexibility index (Phi) is 7.31. The number of nitrogens with zero attached hydrogens (tertiary/aromatic N) is 1. The molecule has 0 bridgehead atoms. The predicted octanol–water partition coefficient (Wildman–Crippen LogP) is 0.738. The van der Waals surface area contributed by atoms with Crippen molar-refractivity contribution in [2.24, 2.45) is 4.99 Å². The lowest BCUT2D eigenvalue weighted by Gasteiger charge is -2.13. The van der Waals surface area contributed by atoms with Gasteiger partial charge >= 0.3 is 0 Å². The maximum Gasteiger partial charge on any atom is 0.264 e. The number of rotatable bonds is 2. The Morgan fingerprint density at radius 1 is 1.00 bits per heavy atom. The summed E-state index contributed by atoms with van der Waals surface area (Å²) in [5.41, 5.74) is 0. The standard InChI is InChI=1S/C15H23N3O4S/c19-23(20,14-6-2-1-3-7-14)18-15-16-8-4-10-21-12-13-22-11-5-9-17-15/h1-3,6-7H,4-5,8-13H2,(H2,16,17,18). The van der Waals surface area contributed by atoms with Gasteiger partial charge in [-0.3, -0.25) is 4.99 Å². The van der Waals surface area contributed by atoms with Crippen molar-refractivity contribution >= 4 is 16.0 Å². The van der Waals surface area contributed by atoms with Crippen LogP contribution in [0.15, 0.2) is 40.2 Å². The highest BCUT2D eigenvalue weighted by Crippen LogP contribution is 2.06. The Morgan fingerprint density at radius 3 is 2.43 bits per heavy atom. The fraction of sp³-hybridized carbons (Fsp3) is 0.533. The summed E-state index contributed by atoms with van der Waals surface area (Å²) in [5.74, 6) is 0.258. The Bertz CT molecular complexity index is 590. The molecule has 0 fully saturated rings. The lowest BCUT2D eigenvalue weighted by atomic mass is 10.4. The summed E-state index contributed by atoms with van der Waals surface area (Å²) in [6, 6.07) is 8.23. The average molecular weight is 341 g/mol. The number of guanidine groups is 1. The molecule has 8 heteroatoms. The lowest BCUT2D eigenvalue weighted by molar-refractivity contribution is 0.0471. The van der Waals surface area contributed by atoms with Crippen LogP contribution in [0.5, 0.6) is 0 Å². The molecule has 2 N–H and O–H groups in total. The van der Waals surface area contributed by atoms with E-state index in [2.05, 4.69) is 15.0 Å². The number of nitrogens with one attached hydrogen (secondary N) is 2. The molecule has 2 rings (SSSR count). The molecular weight excluding hydrogens is 318 g/mol. The van der Waals surface area contributed by atoms with E-state index in [1.807, 2.05) is 0 Å². The second-order valence-corrected chi connectivity index (χ2v) is 6.69. The monoisotopic (exact) mass is 341 g/mol. The highest BCUT2D eigenvalue weighted by atomic mass is 32.2. The molecule has 0 saturated heterocycles. The predicted molar refractivity (Wildman–Crippen MR) is 87.9 cm³/mol. The van der Waals surface area contributed by atoms with Crippen LogP contribution in [0, 0.1) is 0 Å². The maximum absolute atomic E-state index is 12.3. The first-order valence-corrected chi connectivity index (χ1v) is 9.18. The van der Waals surface area contributed by atoms with Crippen molar-refractivity contribution < 1.29 is 17.9 Å². The number of ether oxygens (including phenoxy) is 2. The minimum absolute atomic E-state index is 0.207. The first-order valence-electron chi connectivity index (χ1n) is 7.70. The third kappa shape index (κ3) is 6.55. The first-order chi connectivity index (χ1) is 11.2. The van der Waals surface area contributed by atoms with Crippen molar-refractivity contribution in [1.29, 1.82) is 0 Å². The Morgan fingerprint density at radius 2 is 1.70 bits per heavy atom. The van der Waals surface area contributed by atoms with Gasteiger partial charge in [-0.25, -0.2) is 13.1 Å². The molecule has 1 aliphatic rings. The van der Waals surface area contributed by atoms with Crippen molar-refractivity contribution in [1.82, 2.24) is 10.0 Å². The van der Waals surface area contributed by atoms with Gasteiger partial charge in [0.1, 0.15) is 0 Å². The van der Waals surface area contributed by atoms with E-state index in [-0.39, 0.29) is 10.9 Å². The smallest absolute Gasteiger partial charge is 0.264 e. The molecule has 0 aromatic heterocycles. The van der Waals surface area contributed by atoms with E-state index >= 15 is 0 Å². The zero-order valence-electron chi connectivity index (χ0n) is 13.0. The molecule has 1 aromatic rings. The molecule has 1 aromatic carbocycles. The maximum atomic E-state index is 12.3. The van der Waals surface area contributed by atoms with E-state index in [1.165, 1.54) is 0 Å². The first kappa shape index (κ1) is 17.7. The van der Waals surface area contributed by atoms with Crippen molar-refractivity contribution in [3.05, 3.63) is 30.3 Å². The Labute approximate surface area is 137 Å². The number of hydrogen-bond donors (Lipinski definition) is 2. The van der Waals surface area contributed by atoms with Crippen LogP contribution >= 0.6 is 0 Å². The van der Waals surface area contributed by atoms with Crippen LogP contribution in [0.25, 0.3) is 0 Å². The number of sulfonamides is 1. The quantitative estimate of drug-likeness (QED) is 0.828. The summed E-state index contributed by atoms with van der Waals surface area (Å²) in [5, 5.41) is 3.02. The number of hydrogen-bond acceptors (Lipinski definition) is 6. The Balaban J connectivity index is 2.01. The highest BCUT2D eigenvalue weighted by Gasteiger charge is 2.15. The van der Waals surface area contributed by atoms with Crippen LogP contribution in [-0.4, -0.2) is 53.9 Å². The second-order valence-electron chi connectivity index (χ2n) is 5.01. The summed E-state index contributed by atoms with van der Waals surface area (Å²) in [6.45, 7) is 3.39. The number of benzene rings is 1. The van der Waals surface area contributed by atoms with E-state index in [0.29, 0.717) is 39.5 Å². The summed E-state index contributed by atoms with van der Waals surface area (Å²) in [7, 11) is -3.64. The Hall–Kier alpha value is -1.64. The van der Waals surface area contributed by atoms with Gasteiger partial charge < -0.3 is 14.8 Å². The van der Waals surface area contributed by atoms with Crippen LogP contribution in [0.1, 0.15) is 12.8 Å². The summed E-state index contributed by atoms with van der Waals surface area (Å²) in [6.07, 6.45) is 1.48. The van der Waals surface area contributed by atoms with Crippen molar-refractivity contribution in [2.75, 3.05) is 39.5 Å². The molecule has 7 nitrogen and oxygen atoms in total. The van der Waals surface area contributed by atoms with Crippen LogP contribution in [0.4, 0.5) is 0 Å². The summed E-state index contributed by atoms with van der Waals surface area (Å²) < 4.78 is 38.0. The fourth-order valence-corrected chi connectivity index (χ4v) is 3.00. The summed E-state index contributed by atoms with van der Waals surface area (Å²) >= 11 is 0. The molecule has 0 amide bonds. The van der Waals surface area contributed by atoms with Gasteiger partial charge in [-0.05, 0) is 25.0 Å². The van der Waals surface area contributed by atoms with Crippen LogP contribution in [0.2, 0.25) is 0 Å². The van der Waals surface area contributed by atoms with E-state index in [1.54, 1.807) is 30.3 Å². The zero-order valence-corrected chi connectivity index (χ0v) is 13.8. The largest absolute Gasteiger partial charge is 0.379 e. The van der Waals surface area contributed by atoms with E-state index in [0.717, 1.165) is 12.8 Å². The van der Waals surface area contributed by atoms with Gasteiger partial charge in [-0.2, -0.15) is 0 Å². The van der Waals surface area contributed by atoms with Gasteiger partial charge in [0.25, 0.3) is 10.0 Å². The van der Waals surface area contributed by atoms with E-state index < -0.39 is 10.0 Å². The van der Waals surface area contributed by atoms with Crippen LogP contribution < -0.4 is 10.0 Å². The molecule has 128 valence electrons. The third-order valence-electron chi connectivity index (χ3n) is 3.13. The molecule has 0 atom stereocenters. The van der Waals surface area contributed by atoms with Crippen molar-refractivity contribution in [3.63, 3.8) is 0 Å². The van der Waals surface area contributed by atoms with Gasteiger partial charge in [0.05, 0.1) is 18.1 Å². The van der Waals surface area contributed by atoms with Crippen molar-refractivity contribution in [2.45, 2.75) is 17.7 Å². The highest BCUT2D eigenvalue weighted by molar-refractivity contribution is 7.90. The molecule has 0 radical (unpaired) electrons. The average Bonchev–Trinajstić information content (AvgIpc) is 2.58. The molecule has 23 heavy (non-hydrogen) atoms. The SMILES string of the molecule is O=S(=O)(NC1=NCCCOCCOCCCN1)c1ccccc1. The van der Waals surface area contributed by atoms with Crippen molar-refractivity contribution in [3.8, 4) is 0 Å². The molecule has 0 saturated carbocycles. The molecule has 0 unspecified atom stereocenters. The molecular formula is C15H23N3O4S. The fourth-order valence-electron chi connectivity index (χ4n) is 1.97. The van der Waals surface area contributed by atoms with Gasteiger partial charge in [0, 0.05) is 26.3 Å². The van der Waals surface area contributed by atoms with Crippen LogP contribution in [-0.2, 0) is 19.5 Å². The normalized spacial score (nSPS) is 18.5. The number of aliphatic imine (C=N–C) groups is 1. The molecule has 0 aliphatic carbocycles. The second kappa shape index (κ2) is 9.49. The minimum atomic E-state index is -3.64. The lowest BCUT2D eigenvalue weighted by Crippen LogP contribution is -2.41. The minimum Gasteiger partial charge on any atom is -0.379 e. The third-order valence-corrected chi connectivity index (χ3v) is 4.49. The van der Waals surface area contributed by atoms with Gasteiger partial charge in [0.15, 0.2) is 0 Å². The zero-order chi connectivity index (χ0) is 16.4. The molecule has 1 aliphatic heterocycles. The molecule has 1 heterocycles. The van der Waals surface area contributed by atoms with Gasteiger partial charge in [-0.15, -0.1) is 0 Å². The summed E-state index contributed by atoms with van der Waals surface area (Å²) in [4.78, 5) is 4.50. The van der Waals surface area contributed by atoms with E-state index in [9.17, 15) is 8.42 Å².